The van der Waals surface area contributed by atoms with Crippen molar-refractivity contribution in [3.63, 3.8) is 0 Å². The topological polar surface area (TPSA) is 51.7 Å². The van der Waals surface area contributed by atoms with Crippen LogP contribution < -0.4 is 9.64 Å². The number of nitrogens with one attached hydrogen (secondary N) is 1. The molecule has 5 aromatic rings. The number of ether oxygens (including phenoxy) is 1. The third kappa shape index (κ3) is 4.32. The SMILES string of the molecule is O[C@H](COc1cccc2[nH]c3ccccc3c12)CN1CC2C/C=C\CC1CN2c1ccc2ccccc2c1. The molecule has 5 heteroatoms. The molecule has 5 nitrogen and oxygen atoms in total. The van der Waals surface area contributed by atoms with Crippen LogP contribution >= 0.6 is 0 Å². The van der Waals surface area contributed by atoms with Gasteiger partial charge in [-0.05, 0) is 53.9 Å². The van der Waals surface area contributed by atoms with Crippen molar-refractivity contribution in [2.75, 3.05) is 31.1 Å². The first-order valence-electron chi connectivity index (χ1n) is 13.7. The number of aliphatic hydroxyl groups excluding tert-OH is 1. The fourth-order valence-corrected chi connectivity index (χ4v) is 6.34. The molecule has 1 saturated heterocycles. The van der Waals surface area contributed by atoms with Crippen LogP contribution in [0.4, 0.5) is 5.69 Å². The molecule has 2 unspecified atom stereocenters. The zero-order valence-corrected chi connectivity index (χ0v) is 21.5. The largest absolute Gasteiger partial charge is 0.490 e. The van der Waals surface area contributed by atoms with E-state index in [2.05, 4.69) is 87.6 Å². The molecule has 2 bridgehead atoms. The van der Waals surface area contributed by atoms with Crippen molar-refractivity contribution in [3.05, 3.63) is 97.1 Å². The summed E-state index contributed by atoms with van der Waals surface area (Å²) in [4.78, 5) is 8.53. The molecule has 1 fully saturated rings. The molecule has 3 aliphatic heterocycles. The number of benzene rings is 4. The lowest BCUT2D eigenvalue weighted by atomic mass is 9.96. The van der Waals surface area contributed by atoms with Crippen molar-refractivity contribution < 1.29 is 9.84 Å². The van der Waals surface area contributed by atoms with Crippen LogP contribution in [0, 0.1) is 0 Å². The number of rotatable bonds is 6. The molecule has 0 aliphatic carbocycles. The maximum atomic E-state index is 11.1. The number of fused-ring (bicyclic) bond motifs is 8. The maximum absolute atomic E-state index is 11.1. The van der Waals surface area contributed by atoms with Crippen molar-refractivity contribution in [2.45, 2.75) is 31.0 Å². The summed E-state index contributed by atoms with van der Waals surface area (Å²) < 4.78 is 6.24. The Morgan fingerprint density at radius 2 is 1.61 bits per heavy atom. The van der Waals surface area contributed by atoms with Crippen molar-refractivity contribution >= 4 is 38.3 Å². The number of hydrogen-bond acceptors (Lipinski definition) is 4. The lowest BCUT2D eigenvalue weighted by molar-refractivity contribution is 0.0409. The third-order valence-electron chi connectivity index (χ3n) is 8.23. The van der Waals surface area contributed by atoms with Gasteiger partial charge in [0.15, 0.2) is 0 Å². The van der Waals surface area contributed by atoms with E-state index in [-0.39, 0.29) is 6.61 Å². The Morgan fingerprint density at radius 1 is 0.816 bits per heavy atom. The van der Waals surface area contributed by atoms with Crippen molar-refractivity contribution in [2.24, 2.45) is 0 Å². The third-order valence-corrected chi connectivity index (χ3v) is 8.23. The van der Waals surface area contributed by atoms with Gasteiger partial charge in [-0.1, -0.05) is 66.7 Å². The molecule has 0 spiro atoms. The summed E-state index contributed by atoms with van der Waals surface area (Å²) >= 11 is 0. The molecule has 3 aliphatic rings. The second-order valence-electron chi connectivity index (χ2n) is 10.7. The zero-order chi connectivity index (χ0) is 25.5. The fraction of sp³-hybridized carbons (Fsp3) is 0.273. The minimum atomic E-state index is -0.561. The van der Waals surface area contributed by atoms with Gasteiger partial charge in [-0.15, -0.1) is 0 Å². The Kier molecular flexibility index (Phi) is 6.03. The number of anilines is 1. The van der Waals surface area contributed by atoms with Gasteiger partial charge in [0.25, 0.3) is 0 Å². The molecule has 0 radical (unpaired) electrons. The molecule has 2 N–H and O–H groups in total. The van der Waals surface area contributed by atoms with Gasteiger partial charge >= 0.3 is 0 Å². The van der Waals surface area contributed by atoms with Crippen molar-refractivity contribution in [1.82, 2.24) is 9.88 Å². The van der Waals surface area contributed by atoms with Crippen molar-refractivity contribution in [1.29, 1.82) is 0 Å². The Bertz CT molecular complexity index is 1620. The summed E-state index contributed by atoms with van der Waals surface area (Å²) in [6.45, 7) is 2.80. The van der Waals surface area contributed by atoms with Gasteiger partial charge in [0, 0.05) is 53.7 Å². The summed E-state index contributed by atoms with van der Waals surface area (Å²) in [7, 11) is 0. The Hall–Kier alpha value is -3.80. The molecular formula is C33H33N3O2. The molecule has 4 aromatic carbocycles. The lowest BCUT2D eigenvalue weighted by Crippen LogP contribution is -2.60. The Morgan fingerprint density at radius 3 is 2.53 bits per heavy atom. The van der Waals surface area contributed by atoms with Gasteiger partial charge in [-0.3, -0.25) is 4.90 Å². The summed E-state index contributed by atoms with van der Waals surface area (Å²) in [6, 6.07) is 30.5. The molecule has 1 aromatic heterocycles. The second-order valence-corrected chi connectivity index (χ2v) is 10.7. The number of H-pyrrole nitrogens is 1. The second kappa shape index (κ2) is 9.82. The molecule has 8 rings (SSSR count). The van der Waals surface area contributed by atoms with Crippen molar-refractivity contribution in [3.8, 4) is 5.75 Å². The minimum Gasteiger partial charge on any atom is -0.490 e. The predicted octanol–water partition coefficient (Wildman–Crippen LogP) is 6.12. The van der Waals surface area contributed by atoms with Gasteiger partial charge in [0.05, 0.1) is 5.52 Å². The summed E-state index contributed by atoms with van der Waals surface area (Å²) in [5.74, 6) is 0.818. The van der Waals surface area contributed by atoms with E-state index in [0.717, 1.165) is 53.5 Å². The van der Waals surface area contributed by atoms with E-state index in [9.17, 15) is 5.11 Å². The predicted molar refractivity (Wildman–Crippen MR) is 156 cm³/mol. The van der Waals surface area contributed by atoms with E-state index in [1.807, 2.05) is 24.3 Å². The molecule has 192 valence electrons. The van der Waals surface area contributed by atoms with Crippen LogP contribution in [0.15, 0.2) is 97.1 Å². The first-order valence-corrected chi connectivity index (χ1v) is 13.7. The average Bonchev–Trinajstić information content (AvgIpc) is 3.32. The number of hydrogen-bond donors (Lipinski definition) is 2. The van der Waals surface area contributed by atoms with Crippen LogP contribution in [0.2, 0.25) is 0 Å². The highest BCUT2D eigenvalue weighted by Gasteiger charge is 2.35. The van der Waals surface area contributed by atoms with E-state index in [1.165, 1.54) is 16.5 Å². The molecule has 3 atom stereocenters. The number of aromatic amines is 1. The summed E-state index contributed by atoms with van der Waals surface area (Å²) in [5, 5.41) is 15.9. The fourth-order valence-electron chi connectivity index (χ4n) is 6.34. The standard InChI is InChI=1S/C33H33N3O2/c37-28(22-38-32-15-7-14-31-33(32)29-12-5-6-13-30(29)34-31)21-35-19-27-11-4-3-10-26(35)20-36(27)25-17-16-23-8-1-2-9-24(23)18-25/h1-9,12-18,26-28,34,37H,10-11,19-22H2/b4-3-/t26?,27?,28-/m0/s1. The number of para-hydroxylation sites is 1. The molecule has 0 saturated carbocycles. The highest BCUT2D eigenvalue weighted by Crippen LogP contribution is 2.34. The molecule has 38 heavy (non-hydrogen) atoms. The van der Waals surface area contributed by atoms with E-state index in [1.54, 1.807) is 0 Å². The normalized spacial score (nSPS) is 21.6. The van der Waals surface area contributed by atoms with E-state index < -0.39 is 6.10 Å². The number of aromatic nitrogens is 1. The number of aliphatic hydroxyl groups is 1. The average molecular weight is 504 g/mol. The highest BCUT2D eigenvalue weighted by atomic mass is 16.5. The van der Waals surface area contributed by atoms with Gasteiger partial charge in [0.1, 0.15) is 18.5 Å². The van der Waals surface area contributed by atoms with Crippen LogP contribution in [0.5, 0.6) is 5.75 Å². The van der Waals surface area contributed by atoms with Gasteiger partial charge < -0.3 is 19.7 Å². The minimum absolute atomic E-state index is 0.275. The van der Waals surface area contributed by atoms with Gasteiger partial charge in [0.2, 0.25) is 0 Å². The quantitative estimate of drug-likeness (QED) is 0.274. The van der Waals surface area contributed by atoms with Gasteiger partial charge in [-0.2, -0.15) is 0 Å². The maximum Gasteiger partial charge on any atom is 0.129 e. The van der Waals surface area contributed by atoms with Crippen LogP contribution in [0.25, 0.3) is 32.6 Å². The zero-order valence-electron chi connectivity index (χ0n) is 21.5. The molecular weight excluding hydrogens is 470 g/mol. The molecule has 0 amide bonds. The summed E-state index contributed by atoms with van der Waals surface area (Å²) in [5.41, 5.74) is 3.45. The van der Waals surface area contributed by atoms with Gasteiger partial charge in [-0.25, -0.2) is 0 Å². The van der Waals surface area contributed by atoms with E-state index in [4.69, 9.17) is 4.74 Å². The van der Waals surface area contributed by atoms with E-state index >= 15 is 0 Å². The first kappa shape index (κ1) is 23.3. The van der Waals surface area contributed by atoms with Crippen LogP contribution in [0.3, 0.4) is 0 Å². The lowest BCUT2D eigenvalue weighted by Gasteiger charge is -2.48. The Labute approximate surface area is 222 Å². The Balaban J connectivity index is 1.06. The van der Waals surface area contributed by atoms with Crippen LogP contribution in [0.1, 0.15) is 12.8 Å². The van der Waals surface area contributed by atoms with Crippen LogP contribution in [-0.4, -0.2) is 59.4 Å². The summed E-state index contributed by atoms with van der Waals surface area (Å²) in [6.07, 6.45) is 6.12. The monoisotopic (exact) mass is 503 g/mol. The first-order chi connectivity index (χ1) is 18.7. The number of nitrogens with zero attached hydrogens (tertiary/aromatic N) is 2. The van der Waals surface area contributed by atoms with Crippen LogP contribution in [-0.2, 0) is 0 Å². The van der Waals surface area contributed by atoms with E-state index in [0.29, 0.717) is 18.6 Å². The number of piperazine rings is 1. The smallest absolute Gasteiger partial charge is 0.129 e. The highest BCUT2D eigenvalue weighted by molar-refractivity contribution is 6.10. The molecule has 4 heterocycles.